The lowest BCUT2D eigenvalue weighted by Crippen LogP contribution is -2.45. The topological polar surface area (TPSA) is 55.1 Å². The molecule has 0 aliphatic heterocycles. The Bertz CT molecular complexity index is 292. The van der Waals surface area contributed by atoms with Crippen LogP contribution in [-0.2, 0) is 4.79 Å². The first kappa shape index (κ1) is 16.8. The lowest BCUT2D eigenvalue weighted by atomic mass is 9.66. The first-order chi connectivity index (χ1) is 8.65. The van der Waals surface area contributed by atoms with Crippen molar-refractivity contribution in [3.8, 4) is 0 Å². The van der Waals surface area contributed by atoms with Crippen molar-refractivity contribution in [1.29, 1.82) is 0 Å². The Morgan fingerprint density at radius 2 is 2.05 bits per heavy atom. The Kier molecular flexibility index (Phi) is 6.61. The molecule has 0 spiro atoms. The van der Waals surface area contributed by atoms with Crippen molar-refractivity contribution in [3.63, 3.8) is 0 Å². The van der Waals surface area contributed by atoms with Crippen molar-refractivity contribution in [2.24, 2.45) is 17.1 Å². The number of nitrogens with one attached hydrogen (secondary N) is 1. The predicted octanol–water partition coefficient (Wildman–Crippen LogP) is 3.01. The average Bonchev–Trinajstić information content (AvgIpc) is 2.32. The molecule has 0 aromatic heterocycles. The van der Waals surface area contributed by atoms with Gasteiger partial charge in [-0.15, -0.1) is 12.4 Å². The standard InChI is InChI=1S/C15H28N2O.ClH/c1-2-7-15(8-4-9-15)11-17-14(18)12-5-3-6-13(16)10-12;/h12-13H,2-11,16H2,1H3,(H,17,18);1H. The molecule has 2 aliphatic carbocycles. The predicted molar refractivity (Wildman–Crippen MR) is 81.4 cm³/mol. The molecular weight excluding hydrogens is 260 g/mol. The van der Waals surface area contributed by atoms with Crippen molar-refractivity contribution < 1.29 is 4.79 Å². The lowest BCUT2D eigenvalue weighted by molar-refractivity contribution is -0.127. The van der Waals surface area contributed by atoms with E-state index in [0.29, 0.717) is 5.41 Å². The third kappa shape index (κ3) is 4.35. The van der Waals surface area contributed by atoms with Crippen molar-refractivity contribution in [2.75, 3.05) is 6.54 Å². The van der Waals surface area contributed by atoms with E-state index >= 15 is 0 Å². The molecule has 112 valence electrons. The number of carbonyl (C=O) groups is 1. The van der Waals surface area contributed by atoms with Gasteiger partial charge in [0.15, 0.2) is 0 Å². The number of rotatable bonds is 5. The van der Waals surface area contributed by atoms with E-state index in [9.17, 15) is 4.79 Å². The van der Waals surface area contributed by atoms with E-state index in [-0.39, 0.29) is 30.3 Å². The van der Waals surface area contributed by atoms with Gasteiger partial charge in [-0.25, -0.2) is 0 Å². The van der Waals surface area contributed by atoms with Gasteiger partial charge in [-0.3, -0.25) is 4.79 Å². The summed E-state index contributed by atoms with van der Waals surface area (Å²) < 4.78 is 0. The Hall–Kier alpha value is -0.280. The SMILES string of the molecule is CCCC1(CNC(=O)C2CCCC(N)C2)CCC1.Cl. The maximum atomic E-state index is 12.2. The molecule has 2 fully saturated rings. The van der Waals surface area contributed by atoms with Gasteiger partial charge in [0, 0.05) is 18.5 Å². The highest BCUT2D eigenvalue weighted by atomic mass is 35.5. The molecule has 1 amide bonds. The second kappa shape index (κ2) is 7.49. The normalized spacial score (nSPS) is 28.9. The van der Waals surface area contributed by atoms with Crippen LogP contribution in [0, 0.1) is 11.3 Å². The molecule has 0 aromatic rings. The molecule has 2 unspecified atom stereocenters. The number of carbonyl (C=O) groups excluding carboxylic acids is 1. The van der Waals surface area contributed by atoms with Crippen LogP contribution in [0.3, 0.4) is 0 Å². The largest absolute Gasteiger partial charge is 0.355 e. The highest BCUT2D eigenvalue weighted by Crippen LogP contribution is 2.44. The summed E-state index contributed by atoms with van der Waals surface area (Å²) in [5, 5.41) is 3.21. The smallest absolute Gasteiger partial charge is 0.223 e. The number of halogens is 1. The van der Waals surface area contributed by atoms with Crippen LogP contribution < -0.4 is 11.1 Å². The zero-order chi connectivity index (χ0) is 13.0. The first-order valence-corrected chi connectivity index (χ1v) is 7.68. The second-order valence-electron chi connectivity index (χ2n) is 6.44. The minimum atomic E-state index is 0. The Morgan fingerprint density at radius 1 is 1.32 bits per heavy atom. The van der Waals surface area contributed by atoms with Crippen molar-refractivity contribution in [1.82, 2.24) is 5.32 Å². The summed E-state index contributed by atoms with van der Waals surface area (Å²) in [7, 11) is 0. The van der Waals surface area contributed by atoms with Gasteiger partial charge in [-0.05, 0) is 43.9 Å². The fraction of sp³-hybridized carbons (Fsp3) is 0.933. The van der Waals surface area contributed by atoms with E-state index in [0.717, 1.165) is 32.2 Å². The summed E-state index contributed by atoms with van der Waals surface area (Å²) in [5.41, 5.74) is 6.38. The van der Waals surface area contributed by atoms with Crippen LogP contribution in [0.15, 0.2) is 0 Å². The van der Waals surface area contributed by atoms with E-state index < -0.39 is 0 Å². The van der Waals surface area contributed by atoms with Gasteiger partial charge in [-0.2, -0.15) is 0 Å². The van der Waals surface area contributed by atoms with Crippen LogP contribution in [0.25, 0.3) is 0 Å². The van der Waals surface area contributed by atoms with E-state index in [1.165, 1.54) is 32.1 Å². The van der Waals surface area contributed by atoms with E-state index in [1.54, 1.807) is 0 Å². The molecule has 2 atom stereocenters. The van der Waals surface area contributed by atoms with Gasteiger partial charge in [0.05, 0.1) is 0 Å². The van der Waals surface area contributed by atoms with Gasteiger partial charge in [0.1, 0.15) is 0 Å². The van der Waals surface area contributed by atoms with Gasteiger partial charge >= 0.3 is 0 Å². The summed E-state index contributed by atoms with van der Waals surface area (Å²) in [6.07, 6.45) is 10.5. The number of hydrogen-bond donors (Lipinski definition) is 2. The van der Waals surface area contributed by atoms with Gasteiger partial charge in [0.2, 0.25) is 5.91 Å². The Balaban J connectivity index is 0.00000180. The fourth-order valence-corrected chi connectivity index (χ4v) is 3.61. The number of hydrogen-bond acceptors (Lipinski definition) is 2. The van der Waals surface area contributed by atoms with Gasteiger partial charge in [-0.1, -0.05) is 26.2 Å². The minimum absolute atomic E-state index is 0. The average molecular weight is 289 g/mol. The maximum Gasteiger partial charge on any atom is 0.223 e. The van der Waals surface area contributed by atoms with Crippen LogP contribution in [0.5, 0.6) is 0 Å². The van der Waals surface area contributed by atoms with Crippen molar-refractivity contribution >= 4 is 18.3 Å². The summed E-state index contributed by atoms with van der Waals surface area (Å²) >= 11 is 0. The monoisotopic (exact) mass is 288 g/mol. The quantitative estimate of drug-likeness (QED) is 0.817. The van der Waals surface area contributed by atoms with E-state index in [1.807, 2.05) is 0 Å². The lowest BCUT2D eigenvalue weighted by Gasteiger charge is -2.42. The molecule has 0 aromatic carbocycles. The van der Waals surface area contributed by atoms with Crippen LogP contribution >= 0.6 is 12.4 Å². The van der Waals surface area contributed by atoms with Gasteiger partial charge < -0.3 is 11.1 Å². The summed E-state index contributed by atoms with van der Waals surface area (Å²) in [6.45, 7) is 3.13. The molecule has 0 heterocycles. The zero-order valence-electron chi connectivity index (χ0n) is 12.1. The maximum absolute atomic E-state index is 12.2. The molecular formula is C15H29ClN2O. The molecule has 0 saturated heterocycles. The Labute approximate surface area is 123 Å². The summed E-state index contributed by atoms with van der Waals surface area (Å²) in [4.78, 5) is 12.2. The molecule has 2 aliphatic rings. The molecule has 4 heteroatoms. The fourth-order valence-electron chi connectivity index (χ4n) is 3.61. The third-order valence-corrected chi connectivity index (χ3v) is 4.92. The highest BCUT2D eigenvalue weighted by molar-refractivity contribution is 5.85. The summed E-state index contributed by atoms with van der Waals surface area (Å²) in [6, 6.07) is 0.239. The van der Waals surface area contributed by atoms with E-state index in [4.69, 9.17) is 5.73 Å². The molecule has 19 heavy (non-hydrogen) atoms. The van der Waals surface area contributed by atoms with Crippen LogP contribution in [0.1, 0.15) is 64.7 Å². The number of amides is 1. The Morgan fingerprint density at radius 3 is 2.58 bits per heavy atom. The van der Waals surface area contributed by atoms with Crippen LogP contribution in [0.2, 0.25) is 0 Å². The van der Waals surface area contributed by atoms with E-state index in [2.05, 4.69) is 12.2 Å². The third-order valence-electron chi connectivity index (χ3n) is 4.92. The molecule has 0 bridgehead atoms. The van der Waals surface area contributed by atoms with Crippen LogP contribution in [-0.4, -0.2) is 18.5 Å². The summed E-state index contributed by atoms with van der Waals surface area (Å²) in [5.74, 6) is 0.431. The second-order valence-corrected chi connectivity index (χ2v) is 6.44. The minimum Gasteiger partial charge on any atom is -0.355 e. The zero-order valence-corrected chi connectivity index (χ0v) is 12.9. The van der Waals surface area contributed by atoms with Crippen molar-refractivity contribution in [2.45, 2.75) is 70.8 Å². The molecule has 0 radical (unpaired) electrons. The highest BCUT2D eigenvalue weighted by Gasteiger charge is 2.36. The molecule has 2 saturated carbocycles. The van der Waals surface area contributed by atoms with Gasteiger partial charge in [0.25, 0.3) is 0 Å². The van der Waals surface area contributed by atoms with Crippen LogP contribution in [0.4, 0.5) is 0 Å². The number of nitrogens with two attached hydrogens (primary N) is 1. The van der Waals surface area contributed by atoms with Crippen molar-refractivity contribution in [3.05, 3.63) is 0 Å². The molecule has 3 nitrogen and oxygen atoms in total. The first-order valence-electron chi connectivity index (χ1n) is 7.68. The molecule has 2 rings (SSSR count). The molecule has 3 N–H and O–H groups in total.